The smallest absolute Gasteiger partial charge is 0.0732 e. The summed E-state index contributed by atoms with van der Waals surface area (Å²) in [4.78, 5) is 4.15. The lowest BCUT2D eigenvalue weighted by molar-refractivity contribution is 0.151. The van der Waals surface area contributed by atoms with Gasteiger partial charge in [-0.15, -0.1) is 0 Å². The van der Waals surface area contributed by atoms with Crippen LogP contribution in [0.25, 0.3) is 0 Å². The molecule has 0 radical (unpaired) electrons. The highest BCUT2D eigenvalue weighted by Crippen LogP contribution is 2.18. The van der Waals surface area contributed by atoms with Gasteiger partial charge in [-0.05, 0) is 17.6 Å². The molecule has 0 aromatic heterocycles. The predicted octanol–water partition coefficient (Wildman–Crippen LogP) is 0.788. The van der Waals surface area contributed by atoms with Gasteiger partial charge < -0.3 is 4.74 Å². The van der Waals surface area contributed by atoms with Crippen molar-refractivity contribution >= 4 is 6.21 Å². The van der Waals surface area contributed by atoms with Crippen LogP contribution in [0.2, 0.25) is 0 Å². The number of hydrogen-bond donors (Lipinski definition) is 0. The molecular weight excluding hydrogens is 114 g/mol. The summed E-state index contributed by atoms with van der Waals surface area (Å²) in [5.74, 6) is 0. The van der Waals surface area contributed by atoms with Gasteiger partial charge in [0.15, 0.2) is 0 Å². The topological polar surface area (TPSA) is 21.6 Å². The average molecular weight is 123 g/mol. The molecule has 0 spiro atoms. The Bertz CT molecular complexity index is 181. The molecule has 0 saturated carbocycles. The third kappa shape index (κ3) is 0.793. The van der Waals surface area contributed by atoms with Crippen LogP contribution in [0.1, 0.15) is 6.42 Å². The van der Waals surface area contributed by atoms with Crippen LogP contribution in [0.3, 0.4) is 0 Å². The lowest BCUT2D eigenvalue weighted by atomic mass is 10.1. The first-order chi connectivity index (χ1) is 4.47. The van der Waals surface area contributed by atoms with E-state index in [-0.39, 0.29) is 0 Å². The highest BCUT2D eigenvalue weighted by molar-refractivity contribution is 5.83. The lowest BCUT2D eigenvalue weighted by Gasteiger charge is -2.12. The van der Waals surface area contributed by atoms with Crippen LogP contribution in [-0.4, -0.2) is 26.0 Å². The maximum absolute atomic E-state index is 5.23. The van der Waals surface area contributed by atoms with Crippen molar-refractivity contribution in [2.45, 2.75) is 6.42 Å². The zero-order valence-corrected chi connectivity index (χ0v) is 5.26. The minimum Gasteiger partial charge on any atom is -0.376 e. The van der Waals surface area contributed by atoms with Crippen molar-refractivity contribution < 1.29 is 4.74 Å². The van der Waals surface area contributed by atoms with Crippen LogP contribution in [0.5, 0.6) is 0 Å². The van der Waals surface area contributed by atoms with Crippen molar-refractivity contribution in [3.05, 3.63) is 11.1 Å². The molecule has 9 heavy (non-hydrogen) atoms. The normalized spacial score (nSPS) is 24.9. The lowest BCUT2D eigenvalue weighted by Crippen LogP contribution is -2.09. The molecule has 2 nitrogen and oxygen atoms in total. The highest BCUT2D eigenvalue weighted by Gasteiger charge is 2.13. The Kier molecular flexibility index (Phi) is 1.12. The minimum absolute atomic E-state index is 0.791. The van der Waals surface area contributed by atoms with Crippen molar-refractivity contribution in [1.29, 1.82) is 0 Å². The number of rotatable bonds is 0. The molecule has 2 rings (SSSR count). The van der Waals surface area contributed by atoms with Gasteiger partial charge in [0.05, 0.1) is 19.8 Å². The van der Waals surface area contributed by atoms with E-state index in [1.54, 1.807) is 0 Å². The molecule has 0 atom stereocenters. The molecule has 48 valence electrons. The Morgan fingerprint density at radius 1 is 1.56 bits per heavy atom. The van der Waals surface area contributed by atoms with Crippen molar-refractivity contribution in [1.82, 2.24) is 0 Å². The maximum atomic E-state index is 5.23. The summed E-state index contributed by atoms with van der Waals surface area (Å²) in [6, 6.07) is 0. The van der Waals surface area contributed by atoms with E-state index in [1.807, 2.05) is 6.21 Å². The van der Waals surface area contributed by atoms with E-state index in [9.17, 15) is 0 Å². The Labute approximate surface area is 54.2 Å². The van der Waals surface area contributed by atoms with Gasteiger partial charge in [0.25, 0.3) is 0 Å². The van der Waals surface area contributed by atoms with Gasteiger partial charge >= 0.3 is 0 Å². The summed E-state index contributed by atoms with van der Waals surface area (Å²) in [7, 11) is 0. The van der Waals surface area contributed by atoms with Crippen LogP contribution in [0.4, 0.5) is 0 Å². The fourth-order valence-electron chi connectivity index (χ4n) is 1.22. The van der Waals surface area contributed by atoms with E-state index in [1.165, 1.54) is 11.1 Å². The molecule has 0 saturated heterocycles. The Hall–Kier alpha value is -0.630. The zero-order valence-electron chi connectivity index (χ0n) is 5.26. The summed E-state index contributed by atoms with van der Waals surface area (Å²) in [6.45, 7) is 2.61. The number of nitrogens with zero attached hydrogens (tertiary/aromatic N) is 1. The monoisotopic (exact) mass is 123 g/mol. The highest BCUT2D eigenvalue weighted by atomic mass is 16.5. The maximum Gasteiger partial charge on any atom is 0.0732 e. The van der Waals surface area contributed by atoms with E-state index in [0.717, 1.165) is 26.2 Å². The van der Waals surface area contributed by atoms with Gasteiger partial charge in [0.2, 0.25) is 0 Å². The van der Waals surface area contributed by atoms with Gasteiger partial charge in [-0.3, -0.25) is 4.99 Å². The predicted molar refractivity (Wildman–Crippen MR) is 35.8 cm³/mol. The molecule has 0 aromatic carbocycles. The van der Waals surface area contributed by atoms with E-state index in [0.29, 0.717) is 0 Å². The quantitative estimate of drug-likeness (QED) is 0.466. The van der Waals surface area contributed by atoms with Gasteiger partial charge in [-0.1, -0.05) is 0 Å². The molecule has 2 aliphatic rings. The molecular formula is C7H9NO. The van der Waals surface area contributed by atoms with Crippen LogP contribution in [0.15, 0.2) is 16.1 Å². The minimum atomic E-state index is 0.791. The molecule has 0 aromatic rings. The summed E-state index contributed by atoms with van der Waals surface area (Å²) in [5.41, 5.74) is 2.81. The summed E-state index contributed by atoms with van der Waals surface area (Å²) in [5, 5.41) is 0. The molecule has 0 amide bonds. The van der Waals surface area contributed by atoms with Crippen LogP contribution in [-0.2, 0) is 4.74 Å². The van der Waals surface area contributed by atoms with Crippen LogP contribution < -0.4 is 0 Å². The first-order valence-electron chi connectivity index (χ1n) is 3.25. The second kappa shape index (κ2) is 1.95. The Morgan fingerprint density at radius 3 is 3.44 bits per heavy atom. The van der Waals surface area contributed by atoms with Crippen LogP contribution in [0, 0.1) is 0 Å². The molecule has 0 N–H and O–H groups in total. The number of ether oxygens (including phenoxy) is 1. The molecule has 0 fully saturated rings. The standard InChI is InChI=1S/C7H9NO/c1-2-9-5-7-4-8-3-6(1)7/h4H,1-3,5H2. The molecule has 2 aliphatic heterocycles. The van der Waals surface area contributed by atoms with E-state index in [4.69, 9.17) is 4.74 Å². The molecule has 0 unspecified atom stereocenters. The number of aliphatic imine (C=N–C) groups is 1. The summed E-state index contributed by atoms with van der Waals surface area (Å²) >= 11 is 0. The van der Waals surface area contributed by atoms with E-state index in [2.05, 4.69) is 4.99 Å². The average Bonchev–Trinajstić information content (AvgIpc) is 2.33. The van der Waals surface area contributed by atoms with E-state index < -0.39 is 0 Å². The molecule has 2 heteroatoms. The largest absolute Gasteiger partial charge is 0.376 e. The van der Waals surface area contributed by atoms with Gasteiger partial charge in [0, 0.05) is 6.21 Å². The summed E-state index contributed by atoms with van der Waals surface area (Å²) < 4.78 is 5.23. The molecule has 0 aliphatic carbocycles. The van der Waals surface area contributed by atoms with Gasteiger partial charge in [-0.2, -0.15) is 0 Å². The van der Waals surface area contributed by atoms with Gasteiger partial charge in [0.1, 0.15) is 0 Å². The van der Waals surface area contributed by atoms with Crippen molar-refractivity contribution in [2.75, 3.05) is 19.8 Å². The van der Waals surface area contributed by atoms with Crippen molar-refractivity contribution in [2.24, 2.45) is 4.99 Å². The van der Waals surface area contributed by atoms with Gasteiger partial charge in [-0.25, -0.2) is 0 Å². The Balaban J connectivity index is 2.24. The second-order valence-corrected chi connectivity index (χ2v) is 2.40. The third-order valence-corrected chi connectivity index (χ3v) is 1.79. The van der Waals surface area contributed by atoms with Crippen molar-refractivity contribution in [3.63, 3.8) is 0 Å². The SMILES string of the molecule is C1=NCC2=C1COCC2. The molecule has 0 bridgehead atoms. The second-order valence-electron chi connectivity index (χ2n) is 2.40. The zero-order chi connectivity index (χ0) is 6.10. The third-order valence-electron chi connectivity index (χ3n) is 1.79. The van der Waals surface area contributed by atoms with Crippen molar-refractivity contribution in [3.8, 4) is 0 Å². The Morgan fingerprint density at radius 2 is 2.56 bits per heavy atom. The van der Waals surface area contributed by atoms with E-state index >= 15 is 0 Å². The number of hydrogen-bond acceptors (Lipinski definition) is 2. The fourth-order valence-corrected chi connectivity index (χ4v) is 1.22. The molecule has 2 heterocycles. The fraction of sp³-hybridized carbons (Fsp3) is 0.571. The first-order valence-corrected chi connectivity index (χ1v) is 3.25. The first kappa shape index (κ1) is 5.18. The van der Waals surface area contributed by atoms with Crippen LogP contribution >= 0.6 is 0 Å². The summed E-state index contributed by atoms with van der Waals surface area (Å²) in [6.07, 6.45) is 3.03.